The fraction of sp³-hybridized carbons (Fsp3) is 0.333. The van der Waals surface area contributed by atoms with Crippen LogP contribution in [0.15, 0.2) is 18.5 Å². The molecule has 1 atom stereocenters. The fourth-order valence-corrected chi connectivity index (χ4v) is 1.32. The molecule has 0 aromatic carbocycles. The lowest BCUT2D eigenvalue weighted by Crippen LogP contribution is -2.06. The molecule has 0 aliphatic heterocycles. The van der Waals surface area contributed by atoms with E-state index >= 15 is 0 Å². The molecule has 14 heavy (non-hydrogen) atoms. The molecule has 2 heterocycles. The molecule has 0 fully saturated rings. The van der Waals surface area contributed by atoms with Gasteiger partial charge in [0.1, 0.15) is 5.52 Å². The van der Waals surface area contributed by atoms with Crippen LogP contribution in [0.2, 0.25) is 0 Å². The summed E-state index contributed by atoms with van der Waals surface area (Å²) in [5.41, 5.74) is 7.53. The quantitative estimate of drug-likeness (QED) is 0.778. The summed E-state index contributed by atoms with van der Waals surface area (Å²) in [6.45, 7) is 1.92. The standard InChI is InChI=1S/C9H12N4.ClH/c1-6(10)8-3-7-5-13(2)12-9(7)4-11-8;/h3-6H,10H2,1-2H3;1H. The maximum atomic E-state index is 5.72. The summed E-state index contributed by atoms with van der Waals surface area (Å²) in [5, 5.41) is 5.31. The number of rotatable bonds is 1. The van der Waals surface area contributed by atoms with Gasteiger partial charge in [-0.1, -0.05) is 0 Å². The summed E-state index contributed by atoms with van der Waals surface area (Å²) in [7, 11) is 1.89. The first-order valence-electron chi connectivity index (χ1n) is 4.21. The van der Waals surface area contributed by atoms with Gasteiger partial charge in [0, 0.05) is 24.7 Å². The smallest absolute Gasteiger partial charge is 0.111 e. The van der Waals surface area contributed by atoms with Crippen molar-refractivity contribution in [2.24, 2.45) is 12.8 Å². The molecule has 2 rings (SSSR count). The van der Waals surface area contributed by atoms with Crippen LogP contribution in [0.4, 0.5) is 0 Å². The third kappa shape index (κ3) is 1.86. The van der Waals surface area contributed by atoms with Gasteiger partial charge in [-0.05, 0) is 13.0 Å². The van der Waals surface area contributed by atoms with Crippen LogP contribution in [-0.4, -0.2) is 14.8 Å². The zero-order valence-corrected chi connectivity index (χ0v) is 8.95. The maximum absolute atomic E-state index is 5.72. The number of nitrogens with zero attached hydrogens (tertiary/aromatic N) is 3. The van der Waals surface area contributed by atoms with Gasteiger partial charge in [0.05, 0.1) is 11.9 Å². The number of hydrogen-bond acceptors (Lipinski definition) is 3. The Morgan fingerprint density at radius 1 is 1.50 bits per heavy atom. The largest absolute Gasteiger partial charge is 0.323 e. The second kappa shape index (κ2) is 3.94. The first kappa shape index (κ1) is 10.9. The molecule has 5 heteroatoms. The summed E-state index contributed by atoms with van der Waals surface area (Å²) in [4.78, 5) is 4.22. The molecule has 0 saturated carbocycles. The van der Waals surface area contributed by atoms with Crippen LogP contribution in [-0.2, 0) is 7.05 Å². The van der Waals surface area contributed by atoms with E-state index in [-0.39, 0.29) is 18.4 Å². The maximum Gasteiger partial charge on any atom is 0.111 e. The van der Waals surface area contributed by atoms with E-state index in [0.717, 1.165) is 16.6 Å². The molecule has 0 aliphatic rings. The summed E-state index contributed by atoms with van der Waals surface area (Å²) in [6, 6.07) is 1.96. The molecule has 0 amide bonds. The van der Waals surface area contributed by atoms with Crippen molar-refractivity contribution in [2.75, 3.05) is 0 Å². The molecule has 2 aromatic rings. The van der Waals surface area contributed by atoms with Gasteiger partial charge in [-0.3, -0.25) is 9.67 Å². The number of aromatic nitrogens is 3. The number of fused-ring (bicyclic) bond motifs is 1. The van der Waals surface area contributed by atoms with Crippen molar-refractivity contribution in [3.8, 4) is 0 Å². The summed E-state index contributed by atoms with van der Waals surface area (Å²) < 4.78 is 1.78. The Bertz CT molecular complexity index is 435. The molecular formula is C9H13ClN4. The first-order chi connectivity index (χ1) is 6.16. The van der Waals surface area contributed by atoms with Crippen molar-refractivity contribution >= 4 is 23.3 Å². The molecule has 4 nitrogen and oxygen atoms in total. The second-order valence-corrected chi connectivity index (χ2v) is 3.26. The van der Waals surface area contributed by atoms with Crippen molar-refractivity contribution in [1.82, 2.24) is 14.8 Å². The van der Waals surface area contributed by atoms with Crippen molar-refractivity contribution in [1.29, 1.82) is 0 Å². The van der Waals surface area contributed by atoms with Crippen LogP contribution < -0.4 is 5.73 Å². The predicted octanol–water partition coefficient (Wildman–Crippen LogP) is 1.41. The monoisotopic (exact) mass is 212 g/mol. The number of aryl methyl sites for hydroxylation is 1. The number of halogens is 1. The number of nitrogens with two attached hydrogens (primary N) is 1. The molecule has 2 aromatic heterocycles. The zero-order valence-electron chi connectivity index (χ0n) is 8.14. The van der Waals surface area contributed by atoms with Gasteiger partial charge in [0.2, 0.25) is 0 Å². The van der Waals surface area contributed by atoms with E-state index in [1.54, 1.807) is 10.9 Å². The molecule has 76 valence electrons. The highest BCUT2D eigenvalue weighted by molar-refractivity contribution is 5.85. The molecule has 0 aliphatic carbocycles. The minimum atomic E-state index is -0.0235. The molecule has 0 spiro atoms. The summed E-state index contributed by atoms with van der Waals surface area (Å²) >= 11 is 0. The Balaban J connectivity index is 0.000000980. The molecule has 2 N–H and O–H groups in total. The number of hydrogen-bond donors (Lipinski definition) is 1. The van der Waals surface area contributed by atoms with Gasteiger partial charge in [0.25, 0.3) is 0 Å². The molecular weight excluding hydrogens is 200 g/mol. The minimum Gasteiger partial charge on any atom is -0.323 e. The van der Waals surface area contributed by atoms with Gasteiger partial charge in [-0.2, -0.15) is 5.10 Å². The van der Waals surface area contributed by atoms with Crippen LogP contribution >= 0.6 is 12.4 Å². The first-order valence-corrected chi connectivity index (χ1v) is 4.21. The number of pyridine rings is 1. The highest BCUT2D eigenvalue weighted by Crippen LogP contribution is 2.14. The van der Waals surface area contributed by atoms with E-state index in [1.807, 2.05) is 26.2 Å². The average molecular weight is 213 g/mol. The predicted molar refractivity (Wildman–Crippen MR) is 58.4 cm³/mol. The van der Waals surface area contributed by atoms with Gasteiger partial charge in [0.15, 0.2) is 0 Å². The Kier molecular flexibility index (Phi) is 3.08. The van der Waals surface area contributed by atoms with Crippen molar-refractivity contribution in [3.05, 3.63) is 24.2 Å². The SMILES string of the molecule is CC(N)c1cc2cn(C)nc2cn1.Cl. The van der Waals surface area contributed by atoms with Crippen molar-refractivity contribution in [2.45, 2.75) is 13.0 Å². The van der Waals surface area contributed by atoms with E-state index in [4.69, 9.17) is 5.73 Å². The van der Waals surface area contributed by atoms with Gasteiger partial charge < -0.3 is 5.73 Å². The molecule has 0 bridgehead atoms. The van der Waals surface area contributed by atoms with E-state index in [0.29, 0.717) is 0 Å². The molecule has 0 radical (unpaired) electrons. The van der Waals surface area contributed by atoms with E-state index in [1.165, 1.54) is 0 Å². The summed E-state index contributed by atoms with van der Waals surface area (Å²) in [6.07, 6.45) is 3.72. The van der Waals surface area contributed by atoms with Gasteiger partial charge in [-0.15, -0.1) is 12.4 Å². The Morgan fingerprint density at radius 3 is 2.86 bits per heavy atom. The molecule has 1 unspecified atom stereocenters. The normalized spacial score (nSPS) is 12.5. The van der Waals surface area contributed by atoms with E-state index in [9.17, 15) is 0 Å². The van der Waals surface area contributed by atoms with Crippen molar-refractivity contribution in [3.63, 3.8) is 0 Å². The minimum absolute atomic E-state index is 0. The third-order valence-corrected chi connectivity index (χ3v) is 1.99. The van der Waals surface area contributed by atoms with Crippen LogP contribution in [0.1, 0.15) is 18.7 Å². The molecule has 0 saturated heterocycles. The lowest BCUT2D eigenvalue weighted by molar-refractivity contribution is 0.777. The Morgan fingerprint density at radius 2 is 2.21 bits per heavy atom. The third-order valence-electron chi connectivity index (χ3n) is 1.99. The lowest BCUT2D eigenvalue weighted by Gasteiger charge is -2.02. The Labute approximate surface area is 88.5 Å². The average Bonchev–Trinajstić information content (AvgIpc) is 2.42. The second-order valence-electron chi connectivity index (χ2n) is 3.26. The highest BCUT2D eigenvalue weighted by atomic mass is 35.5. The van der Waals surface area contributed by atoms with Gasteiger partial charge >= 0.3 is 0 Å². The summed E-state index contributed by atoms with van der Waals surface area (Å²) in [5.74, 6) is 0. The van der Waals surface area contributed by atoms with Crippen LogP contribution in [0.5, 0.6) is 0 Å². The lowest BCUT2D eigenvalue weighted by atomic mass is 10.2. The van der Waals surface area contributed by atoms with E-state index in [2.05, 4.69) is 10.1 Å². The van der Waals surface area contributed by atoms with Crippen LogP contribution in [0.25, 0.3) is 10.9 Å². The van der Waals surface area contributed by atoms with Crippen LogP contribution in [0, 0.1) is 0 Å². The Hall–Kier alpha value is -1.13. The fourth-order valence-electron chi connectivity index (χ4n) is 1.32. The van der Waals surface area contributed by atoms with Crippen LogP contribution in [0.3, 0.4) is 0 Å². The topological polar surface area (TPSA) is 56.7 Å². The highest BCUT2D eigenvalue weighted by Gasteiger charge is 2.04. The van der Waals surface area contributed by atoms with E-state index < -0.39 is 0 Å². The van der Waals surface area contributed by atoms with Crippen molar-refractivity contribution < 1.29 is 0 Å². The zero-order chi connectivity index (χ0) is 9.42. The van der Waals surface area contributed by atoms with Gasteiger partial charge in [-0.25, -0.2) is 0 Å².